The Morgan fingerprint density at radius 2 is 2.24 bits per heavy atom. The van der Waals surface area contributed by atoms with Crippen molar-refractivity contribution in [2.24, 2.45) is 0 Å². The maximum Gasteiger partial charge on any atom is 0.250 e. The highest BCUT2D eigenvalue weighted by molar-refractivity contribution is 7.98. The molecule has 0 aromatic carbocycles. The van der Waals surface area contributed by atoms with E-state index in [1.54, 1.807) is 17.8 Å². The van der Waals surface area contributed by atoms with Gasteiger partial charge in [0.15, 0.2) is 0 Å². The van der Waals surface area contributed by atoms with E-state index in [1.807, 2.05) is 18.7 Å². The molecule has 0 unspecified atom stereocenters. The minimum atomic E-state index is -3.31. The highest BCUT2D eigenvalue weighted by atomic mass is 32.2. The van der Waals surface area contributed by atoms with Crippen molar-refractivity contribution < 1.29 is 8.42 Å². The van der Waals surface area contributed by atoms with Crippen molar-refractivity contribution in [3.8, 4) is 0 Å². The molecule has 1 aromatic rings. The Morgan fingerprint density at radius 3 is 2.88 bits per heavy atom. The Labute approximate surface area is 111 Å². The lowest BCUT2D eigenvalue weighted by Gasteiger charge is -2.03. The first-order valence-electron chi connectivity index (χ1n) is 5.31. The zero-order chi connectivity index (χ0) is 12.7. The third-order valence-corrected chi connectivity index (χ3v) is 5.74. The Kier molecular flexibility index (Phi) is 6.50. The van der Waals surface area contributed by atoms with E-state index in [9.17, 15) is 8.42 Å². The predicted molar refractivity (Wildman–Crippen MR) is 75.3 cm³/mol. The molecular formula is C10H18N2O2S3. The molecular weight excluding hydrogens is 276 g/mol. The molecule has 0 aliphatic rings. The molecule has 98 valence electrons. The van der Waals surface area contributed by atoms with Crippen molar-refractivity contribution in [2.45, 2.75) is 17.2 Å². The molecule has 0 radical (unpaired) electrons. The van der Waals surface area contributed by atoms with Gasteiger partial charge in [-0.3, -0.25) is 0 Å². The summed E-state index contributed by atoms with van der Waals surface area (Å²) in [6, 6.07) is 1.72. The monoisotopic (exact) mass is 294 g/mol. The van der Waals surface area contributed by atoms with Gasteiger partial charge >= 0.3 is 0 Å². The zero-order valence-electron chi connectivity index (χ0n) is 10.0. The van der Waals surface area contributed by atoms with Crippen LogP contribution in [0.3, 0.4) is 0 Å². The number of hydrogen-bond donors (Lipinski definition) is 2. The Morgan fingerprint density at radius 1 is 1.47 bits per heavy atom. The standard InChI is InChI=1S/C10H18N2O2S3/c1-11-7-9-6-10(16-8-9)17(13,14)12-4-3-5-15-2/h6,8,11-12H,3-5,7H2,1-2H3. The van der Waals surface area contributed by atoms with Crippen LogP contribution in [-0.2, 0) is 16.6 Å². The molecule has 17 heavy (non-hydrogen) atoms. The molecule has 7 heteroatoms. The molecule has 1 rings (SSSR count). The summed E-state index contributed by atoms with van der Waals surface area (Å²) in [6.45, 7) is 1.20. The SMILES string of the molecule is CNCc1csc(S(=O)(=O)NCCCSC)c1. The maximum absolute atomic E-state index is 11.9. The first-order valence-corrected chi connectivity index (χ1v) is 9.06. The summed E-state index contributed by atoms with van der Waals surface area (Å²) >= 11 is 2.98. The zero-order valence-corrected chi connectivity index (χ0v) is 12.5. The summed E-state index contributed by atoms with van der Waals surface area (Å²) in [5, 5.41) is 4.87. The van der Waals surface area contributed by atoms with Crippen molar-refractivity contribution in [2.75, 3.05) is 25.6 Å². The van der Waals surface area contributed by atoms with Gasteiger partial charge in [0.1, 0.15) is 4.21 Å². The molecule has 4 nitrogen and oxygen atoms in total. The van der Waals surface area contributed by atoms with Crippen LogP contribution >= 0.6 is 23.1 Å². The van der Waals surface area contributed by atoms with E-state index >= 15 is 0 Å². The van der Waals surface area contributed by atoms with E-state index in [-0.39, 0.29) is 0 Å². The molecule has 2 N–H and O–H groups in total. The molecule has 1 heterocycles. The second-order valence-corrected chi connectivity index (χ2v) is 7.44. The van der Waals surface area contributed by atoms with Gasteiger partial charge in [0.05, 0.1) is 0 Å². The van der Waals surface area contributed by atoms with Crippen LogP contribution < -0.4 is 10.0 Å². The lowest BCUT2D eigenvalue weighted by Crippen LogP contribution is -2.24. The van der Waals surface area contributed by atoms with Crippen LogP contribution in [0.25, 0.3) is 0 Å². The number of sulfonamides is 1. The number of thiophene rings is 1. The summed E-state index contributed by atoms with van der Waals surface area (Å²) < 4.78 is 26.8. The van der Waals surface area contributed by atoms with E-state index in [1.165, 1.54) is 11.3 Å². The third-order valence-electron chi connectivity index (χ3n) is 2.09. The minimum absolute atomic E-state index is 0.395. The van der Waals surface area contributed by atoms with E-state index in [0.717, 1.165) is 17.7 Å². The Bertz CT molecular complexity index is 429. The smallest absolute Gasteiger partial charge is 0.250 e. The van der Waals surface area contributed by atoms with Gasteiger partial charge in [-0.2, -0.15) is 11.8 Å². The molecule has 0 saturated carbocycles. The van der Waals surface area contributed by atoms with Crippen molar-refractivity contribution in [3.63, 3.8) is 0 Å². The molecule has 0 aliphatic carbocycles. The molecule has 0 saturated heterocycles. The fraction of sp³-hybridized carbons (Fsp3) is 0.600. The topological polar surface area (TPSA) is 58.2 Å². The van der Waals surface area contributed by atoms with Crippen LogP contribution in [0.5, 0.6) is 0 Å². The number of nitrogens with one attached hydrogen (secondary N) is 2. The van der Waals surface area contributed by atoms with Gasteiger partial charge < -0.3 is 5.32 Å². The van der Waals surface area contributed by atoms with Crippen molar-refractivity contribution >= 4 is 33.1 Å². The fourth-order valence-corrected chi connectivity index (χ4v) is 4.05. The Hall–Kier alpha value is -0.0800. The van der Waals surface area contributed by atoms with Gasteiger partial charge in [0.25, 0.3) is 0 Å². The highest BCUT2D eigenvalue weighted by Gasteiger charge is 2.15. The van der Waals surface area contributed by atoms with E-state index < -0.39 is 10.0 Å². The second-order valence-electron chi connectivity index (χ2n) is 3.55. The number of thioether (sulfide) groups is 1. The average molecular weight is 294 g/mol. The average Bonchev–Trinajstić information content (AvgIpc) is 2.74. The summed E-state index contributed by atoms with van der Waals surface area (Å²) in [5.74, 6) is 0.970. The third kappa shape index (κ3) is 4.97. The molecule has 0 amide bonds. The van der Waals surface area contributed by atoms with E-state index in [4.69, 9.17) is 0 Å². The molecule has 1 aromatic heterocycles. The van der Waals surface area contributed by atoms with Gasteiger partial charge in [-0.25, -0.2) is 13.1 Å². The first kappa shape index (κ1) is 15.0. The summed E-state index contributed by atoms with van der Waals surface area (Å²) in [6.07, 6.45) is 2.87. The molecule has 0 fully saturated rings. The largest absolute Gasteiger partial charge is 0.316 e. The van der Waals surface area contributed by atoms with Gasteiger partial charge in [-0.1, -0.05) is 0 Å². The van der Waals surface area contributed by atoms with Crippen LogP contribution in [0.2, 0.25) is 0 Å². The van der Waals surface area contributed by atoms with Crippen molar-refractivity contribution in [3.05, 3.63) is 17.0 Å². The van der Waals surface area contributed by atoms with E-state index in [2.05, 4.69) is 10.0 Å². The second kappa shape index (κ2) is 7.38. The fourth-order valence-electron chi connectivity index (χ4n) is 1.29. The molecule has 0 atom stereocenters. The quantitative estimate of drug-likeness (QED) is 0.713. The normalized spacial score (nSPS) is 11.9. The predicted octanol–water partition coefficient (Wildman–Crippen LogP) is 1.50. The van der Waals surface area contributed by atoms with Crippen LogP contribution in [0.4, 0.5) is 0 Å². The lowest BCUT2D eigenvalue weighted by atomic mass is 10.3. The Balaban J connectivity index is 2.56. The molecule has 0 bridgehead atoms. The summed E-state index contributed by atoms with van der Waals surface area (Å²) in [7, 11) is -1.47. The van der Waals surface area contributed by atoms with Crippen LogP contribution in [0, 0.1) is 0 Å². The van der Waals surface area contributed by atoms with Crippen LogP contribution in [0.1, 0.15) is 12.0 Å². The van der Waals surface area contributed by atoms with Gasteiger partial charge in [0, 0.05) is 13.1 Å². The highest BCUT2D eigenvalue weighted by Crippen LogP contribution is 2.19. The van der Waals surface area contributed by atoms with E-state index in [0.29, 0.717) is 17.3 Å². The minimum Gasteiger partial charge on any atom is -0.316 e. The van der Waals surface area contributed by atoms with Gasteiger partial charge in [-0.15, -0.1) is 11.3 Å². The van der Waals surface area contributed by atoms with Crippen LogP contribution in [-0.4, -0.2) is 34.0 Å². The first-order chi connectivity index (χ1) is 8.10. The summed E-state index contributed by atoms with van der Waals surface area (Å²) in [4.78, 5) is 0. The number of hydrogen-bond acceptors (Lipinski definition) is 5. The number of rotatable bonds is 8. The van der Waals surface area contributed by atoms with Gasteiger partial charge in [-0.05, 0) is 42.5 Å². The summed E-state index contributed by atoms with van der Waals surface area (Å²) in [5.41, 5.74) is 1.00. The molecule has 0 spiro atoms. The van der Waals surface area contributed by atoms with Crippen molar-refractivity contribution in [1.29, 1.82) is 0 Å². The lowest BCUT2D eigenvalue weighted by molar-refractivity contribution is 0.583. The maximum atomic E-state index is 11.9. The van der Waals surface area contributed by atoms with Gasteiger partial charge in [0.2, 0.25) is 10.0 Å². The van der Waals surface area contributed by atoms with Crippen LogP contribution in [0.15, 0.2) is 15.7 Å². The molecule has 0 aliphatic heterocycles. The van der Waals surface area contributed by atoms with Crippen molar-refractivity contribution in [1.82, 2.24) is 10.0 Å².